The standard InChI is InChI=1S/C23H28N4O3/c1-15-19-14-16(5-11-21(29)26-12-2-3-13-27-23(24)25)4-10-20(19)30-22(15)17-6-8-18(28)9-7-17/h4-11,14-15,22,28H,2-3,12-13H2,1H3,(H,26,29)(H4,24,25,27)/b11-5+/t15-,22+/m0/s1. The van der Waals surface area contributed by atoms with Crippen LogP contribution in [-0.2, 0) is 4.79 Å². The number of unbranched alkanes of at least 4 members (excludes halogenated alkanes) is 1. The van der Waals surface area contributed by atoms with E-state index in [0.717, 1.165) is 35.3 Å². The molecule has 0 aromatic heterocycles. The van der Waals surface area contributed by atoms with E-state index in [2.05, 4.69) is 23.3 Å². The van der Waals surface area contributed by atoms with E-state index in [1.54, 1.807) is 18.2 Å². The molecule has 3 rings (SSSR count). The van der Waals surface area contributed by atoms with E-state index in [9.17, 15) is 9.90 Å². The predicted molar refractivity (Wildman–Crippen MR) is 118 cm³/mol. The number of nitrogens with two attached hydrogens (primary N) is 2. The Kier molecular flexibility index (Phi) is 6.95. The quantitative estimate of drug-likeness (QED) is 0.231. The molecule has 0 saturated carbocycles. The summed E-state index contributed by atoms with van der Waals surface area (Å²) < 4.78 is 6.12. The first-order valence-electron chi connectivity index (χ1n) is 10.0. The summed E-state index contributed by atoms with van der Waals surface area (Å²) in [5, 5.41) is 12.3. The van der Waals surface area contributed by atoms with E-state index < -0.39 is 0 Å². The second-order valence-corrected chi connectivity index (χ2v) is 7.35. The Balaban J connectivity index is 1.54. The number of aliphatic imine (C=N–C) groups is 1. The Morgan fingerprint density at radius 2 is 1.97 bits per heavy atom. The van der Waals surface area contributed by atoms with Crippen LogP contribution in [0.3, 0.4) is 0 Å². The highest BCUT2D eigenvalue weighted by atomic mass is 16.5. The Labute approximate surface area is 176 Å². The van der Waals surface area contributed by atoms with Crippen LogP contribution in [0, 0.1) is 0 Å². The van der Waals surface area contributed by atoms with E-state index >= 15 is 0 Å². The van der Waals surface area contributed by atoms with Crippen LogP contribution in [0.15, 0.2) is 53.5 Å². The van der Waals surface area contributed by atoms with Crippen molar-refractivity contribution >= 4 is 17.9 Å². The zero-order chi connectivity index (χ0) is 21.5. The number of ether oxygens (including phenoxy) is 1. The molecule has 30 heavy (non-hydrogen) atoms. The number of hydrogen-bond donors (Lipinski definition) is 4. The number of carbonyl (C=O) groups excluding carboxylic acids is 1. The molecule has 0 fully saturated rings. The molecule has 0 saturated heterocycles. The number of benzene rings is 2. The third-order valence-electron chi connectivity index (χ3n) is 5.06. The molecule has 0 radical (unpaired) electrons. The molecule has 1 amide bonds. The topological polar surface area (TPSA) is 123 Å². The maximum Gasteiger partial charge on any atom is 0.243 e. The molecule has 1 aliphatic rings. The number of amides is 1. The highest BCUT2D eigenvalue weighted by molar-refractivity contribution is 5.91. The molecule has 2 aromatic carbocycles. The Morgan fingerprint density at radius 1 is 1.20 bits per heavy atom. The molecule has 7 heteroatoms. The second kappa shape index (κ2) is 9.82. The van der Waals surface area contributed by atoms with Gasteiger partial charge in [-0.05, 0) is 54.3 Å². The van der Waals surface area contributed by atoms with Crippen LogP contribution in [0.2, 0.25) is 0 Å². The molecule has 6 N–H and O–H groups in total. The summed E-state index contributed by atoms with van der Waals surface area (Å²) in [5.41, 5.74) is 13.6. The van der Waals surface area contributed by atoms with Crippen molar-refractivity contribution in [1.29, 1.82) is 0 Å². The van der Waals surface area contributed by atoms with E-state index in [1.165, 1.54) is 6.08 Å². The van der Waals surface area contributed by atoms with Crippen LogP contribution in [0.25, 0.3) is 6.08 Å². The van der Waals surface area contributed by atoms with Crippen molar-refractivity contribution in [2.45, 2.75) is 31.8 Å². The molecule has 0 spiro atoms. The average molecular weight is 409 g/mol. The average Bonchev–Trinajstić information content (AvgIpc) is 3.05. The minimum absolute atomic E-state index is 0.0884. The first kappa shape index (κ1) is 21.2. The molecule has 0 bridgehead atoms. The van der Waals surface area contributed by atoms with Gasteiger partial charge < -0.3 is 26.6 Å². The third-order valence-corrected chi connectivity index (χ3v) is 5.06. The number of guanidine groups is 1. The van der Waals surface area contributed by atoms with Gasteiger partial charge in [-0.3, -0.25) is 9.79 Å². The molecule has 1 heterocycles. The number of nitrogens with one attached hydrogen (secondary N) is 1. The Bertz CT molecular complexity index is 934. The van der Waals surface area contributed by atoms with Gasteiger partial charge in [-0.25, -0.2) is 0 Å². The lowest BCUT2D eigenvalue weighted by molar-refractivity contribution is -0.116. The molecule has 2 atom stereocenters. The fraction of sp³-hybridized carbons (Fsp3) is 0.304. The zero-order valence-corrected chi connectivity index (χ0v) is 17.0. The van der Waals surface area contributed by atoms with Gasteiger partial charge in [-0.1, -0.05) is 25.1 Å². The van der Waals surface area contributed by atoms with E-state index in [0.29, 0.717) is 13.1 Å². The van der Waals surface area contributed by atoms with Crippen LogP contribution in [0.1, 0.15) is 48.5 Å². The SMILES string of the molecule is C[C@H]1c2cc(/C=C/C(=O)NCCCCN=C(N)N)ccc2O[C@H]1c1ccc(O)cc1. The van der Waals surface area contributed by atoms with Gasteiger partial charge in [0.1, 0.15) is 17.6 Å². The molecule has 0 unspecified atom stereocenters. The Hall–Kier alpha value is -3.48. The fourth-order valence-corrected chi connectivity index (χ4v) is 3.44. The van der Waals surface area contributed by atoms with Gasteiger partial charge in [0, 0.05) is 30.6 Å². The molecule has 7 nitrogen and oxygen atoms in total. The molecule has 158 valence electrons. The monoisotopic (exact) mass is 408 g/mol. The van der Waals surface area contributed by atoms with Crippen LogP contribution >= 0.6 is 0 Å². The number of rotatable bonds is 8. The van der Waals surface area contributed by atoms with Crippen LogP contribution in [-0.4, -0.2) is 30.1 Å². The van der Waals surface area contributed by atoms with Gasteiger partial charge in [0.05, 0.1) is 0 Å². The molecule has 1 aliphatic heterocycles. The minimum atomic E-state index is -0.136. The van der Waals surface area contributed by atoms with Crippen LogP contribution in [0.4, 0.5) is 0 Å². The number of hydrogen-bond acceptors (Lipinski definition) is 4. The number of nitrogens with zero attached hydrogens (tertiary/aromatic N) is 1. The highest BCUT2D eigenvalue weighted by Crippen LogP contribution is 2.46. The fourth-order valence-electron chi connectivity index (χ4n) is 3.44. The first-order chi connectivity index (χ1) is 14.4. The summed E-state index contributed by atoms with van der Waals surface area (Å²) in [6.07, 6.45) is 4.86. The van der Waals surface area contributed by atoms with Crippen molar-refractivity contribution in [2.75, 3.05) is 13.1 Å². The van der Waals surface area contributed by atoms with Gasteiger partial charge in [-0.2, -0.15) is 0 Å². The zero-order valence-electron chi connectivity index (χ0n) is 17.0. The third kappa shape index (κ3) is 5.53. The predicted octanol–water partition coefficient (Wildman–Crippen LogP) is 2.81. The minimum Gasteiger partial charge on any atom is -0.508 e. The molecular formula is C23H28N4O3. The molecule has 2 aromatic rings. The summed E-state index contributed by atoms with van der Waals surface area (Å²) in [6.45, 7) is 3.26. The van der Waals surface area contributed by atoms with Gasteiger partial charge in [0.15, 0.2) is 5.96 Å². The lowest BCUT2D eigenvalue weighted by Gasteiger charge is -2.15. The van der Waals surface area contributed by atoms with Gasteiger partial charge >= 0.3 is 0 Å². The maximum atomic E-state index is 12.0. The number of phenols is 1. The van der Waals surface area contributed by atoms with E-state index in [1.807, 2.05) is 24.3 Å². The smallest absolute Gasteiger partial charge is 0.243 e. The van der Waals surface area contributed by atoms with E-state index in [-0.39, 0.29) is 29.6 Å². The molecular weight excluding hydrogens is 380 g/mol. The van der Waals surface area contributed by atoms with Crippen molar-refractivity contribution in [3.63, 3.8) is 0 Å². The lowest BCUT2D eigenvalue weighted by Crippen LogP contribution is -2.24. The molecule has 0 aliphatic carbocycles. The summed E-state index contributed by atoms with van der Waals surface area (Å²) in [6, 6.07) is 13.0. The number of phenolic OH excluding ortho intramolecular Hbond substituents is 1. The van der Waals surface area contributed by atoms with Crippen molar-refractivity contribution in [2.24, 2.45) is 16.5 Å². The highest BCUT2D eigenvalue weighted by Gasteiger charge is 2.32. The Morgan fingerprint density at radius 3 is 2.70 bits per heavy atom. The van der Waals surface area contributed by atoms with Crippen LogP contribution < -0.4 is 21.5 Å². The lowest BCUT2D eigenvalue weighted by atomic mass is 9.92. The van der Waals surface area contributed by atoms with Crippen molar-refractivity contribution in [3.05, 3.63) is 65.2 Å². The summed E-state index contributed by atoms with van der Waals surface area (Å²) in [7, 11) is 0. The maximum absolute atomic E-state index is 12.0. The normalized spacial score (nSPS) is 17.4. The van der Waals surface area contributed by atoms with Gasteiger partial charge in [0.25, 0.3) is 0 Å². The van der Waals surface area contributed by atoms with Crippen LogP contribution in [0.5, 0.6) is 11.5 Å². The summed E-state index contributed by atoms with van der Waals surface area (Å²) in [4.78, 5) is 15.9. The number of fused-ring (bicyclic) bond motifs is 1. The number of carbonyl (C=O) groups is 1. The largest absolute Gasteiger partial charge is 0.508 e. The summed E-state index contributed by atoms with van der Waals surface area (Å²) in [5.74, 6) is 1.20. The van der Waals surface area contributed by atoms with Crippen molar-refractivity contribution in [3.8, 4) is 11.5 Å². The van der Waals surface area contributed by atoms with Crippen molar-refractivity contribution < 1.29 is 14.6 Å². The summed E-state index contributed by atoms with van der Waals surface area (Å²) >= 11 is 0. The van der Waals surface area contributed by atoms with E-state index in [4.69, 9.17) is 16.2 Å². The first-order valence-corrected chi connectivity index (χ1v) is 10.0. The van der Waals surface area contributed by atoms with Gasteiger partial charge in [0.2, 0.25) is 5.91 Å². The van der Waals surface area contributed by atoms with Gasteiger partial charge in [-0.15, -0.1) is 0 Å². The second-order valence-electron chi connectivity index (χ2n) is 7.35. The number of aromatic hydroxyl groups is 1. The van der Waals surface area contributed by atoms with Crippen molar-refractivity contribution in [1.82, 2.24) is 5.32 Å².